The molecule has 2 aliphatic heterocycles. The highest BCUT2D eigenvalue weighted by Gasteiger charge is 2.43. The summed E-state index contributed by atoms with van der Waals surface area (Å²) in [6.07, 6.45) is 9.22. The van der Waals surface area contributed by atoms with Gasteiger partial charge in [0.2, 0.25) is 0 Å². The molecule has 40 heavy (non-hydrogen) atoms. The number of hydrogen-bond donors (Lipinski definition) is 3. The molecule has 1 saturated heterocycles. The van der Waals surface area contributed by atoms with E-state index in [2.05, 4.69) is 27.5 Å². The van der Waals surface area contributed by atoms with Gasteiger partial charge in [0, 0.05) is 53.9 Å². The third-order valence-electron chi connectivity index (χ3n) is 7.19. The van der Waals surface area contributed by atoms with Crippen LogP contribution < -0.4 is 10.6 Å². The Hall–Kier alpha value is -4.44. The summed E-state index contributed by atoms with van der Waals surface area (Å²) < 4.78 is 28.3. The van der Waals surface area contributed by atoms with Crippen molar-refractivity contribution in [2.24, 2.45) is 0 Å². The van der Waals surface area contributed by atoms with Crippen LogP contribution in [0.3, 0.4) is 0 Å². The lowest BCUT2D eigenvalue weighted by Gasteiger charge is -2.38. The second kappa shape index (κ2) is 10.3. The smallest absolute Gasteiger partial charge is 0.272 e. The van der Waals surface area contributed by atoms with E-state index in [4.69, 9.17) is 10.4 Å². The van der Waals surface area contributed by atoms with Gasteiger partial charge in [0.25, 0.3) is 5.92 Å². The Labute approximate surface area is 231 Å². The van der Waals surface area contributed by atoms with Crippen LogP contribution >= 0.6 is 0 Å². The number of hydrogen-bond acceptors (Lipinski definition) is 7. The number of aromatic nitrogens is 4. The summed E-state index contributed by atoms with van der Waals surface area (Å²) in [5.74, 6) is -2.57. The van der Waals surface area contributed by atoms with Crippen molar-refractivity contribution in [3.05, 3.63) is 90.2 Å². The van der Waals surface area contributed by atoms with E-state index >= 15 is 0 Å². The third-order valence-corrected chi connectivity index (χ3v) is 7.19. The summed E-state index contributed by atoms with van der Waals surface area (Å²) in [7, 11) is 0. The van der Waals surface area contributed by atoms with Crippen molar-refractivity contribution in [1.29, 1.82) is 5.41 Å². The number of aryl methyl sites for hydroxylation is 1. The van der Waals surface area contributed by atoms with E-state index < -0.39 is 5.92 Å². The molecule has 0 radical (unpaired) electrons. The number of nitrogens with one attached hydrogen (secondary N) is 3. The summed E-state index contributed by atoms with van der Waals surface area (Å²) in [5.41, 5.74) is 7.20. The van der Waals surface area contributed by atoms with Crippen molar-refractivity contribution < 1.29 is 8.78 Å². The number of rotatable bonds is 8. The average molecular weight is 541 g/mol. The zero-order valence-electron chi connectivity index (χ0n) is 22.3. The van der Waals surface area contributed by atoms with E-state index in [-0.39, 0.29) is 19.3 Å². The molecular formula is C30H30F2N8. The first kappa shape index (κ1) is 25.8. The standard InChI is InChI=1S/C30H30F2N8/c1-3-39-15-27(36-18-39)25-9-8-23-22(10-11-34-29(23)38-25)26-13-35-28(37-26)12-24(19(2)33)21-6-4-20(5-7-21)14-40-16-30(31,32)17-40/h4-13,15,18,28,33,35,37H,3,14,16-17H2,1-2H3/b24-12+,33-19?. The Bertz CT molecular complexity index is 1630. The van der Waals surface area contributed by atoms with E-state index in [0.29, 0.717) is 17.9 Å². The minimum Gasteiger partial charge on any atom is -0.366 e. The predicted octanol–water partition coefficient (Wildman–Crippen LogP) is 4.90. The number of imidazole rings is 1. The van der Waals surface area contributed by atoms with Gasteiger partial charge in [-0.3, -0.25) is 4.90 Å². The van der Waals surface area contributed by atoms with Gasteiger partial charge in [-0.15, -0.1) is 0 Å². The minimum absolute atomic E-state index is 0.192. The van der Waals surface area contributed by atoms with Crippen LogP contribution in [0.15, 0.2) is 73.5 Å². The Balaban J connectivity index is 1.18. The monoisotopic (exact) mass is 540 g/mol. The van der Waals surface area contributed by atoms with Crippen molar-refractivity contribution in [2.45, 2.75) is 39.0 Å². The van der Waals surface area contributed by atoms with Crippen LogP contribution in [0.5, 0.6) is 0 Å². The fourth-order valence-electron chi connectivity index (χ4n) is 5.11. The predicted molar refractivity (Wildman–Crippen MR) is 153 cm³/mol. The van der Waals surface area contributed by atoms with E-state index in [1.165, 1.54) is 0 Å². The Morgan fingerprint density at radius 1 is 1.10 bits per heavy atom. The second-order valence-corrected chi connectivity index (χ2v) is 10.3. The number of allylic oxidation sites excluding steroid dienone is 1. The summed E-state index contributed by atoms with van der Waals surface area (Å²) in [6.45, 7) is 4.78. The van der Waals surface area contributed by atoms with Gasteiger partial charge in [0.1, 0.15) is 11.9 Å². The van der Waals surface area contributed by atoms with Gasteiger partial charge < -0.3 is 20.6 Å². The molecule has 1 fully saturated rings. The maximum atomic E-state index is 13.2. The summed E-state index contributed by atoms with van der Waals surface area (Å²) in [4.78, 5) is 15.4. The largest absolute Gasteiger partial charge is 0.366 e. The fourth-order valence-corrected chi connectivity index (χ4v) is 5.11. The molecule has 0 amide bonds. The minimum atomic E-state index is -2.57. The topological polar surface area (TPSA) is 94.8 Å². The Morgan fingerprint density at radius 3 is 2.60 bits per heavy atom. The van der Waals surface area contributed by atoms with Gasteiger partial charge in [-0.05, 0) is 49.2 Å². The van der Waals surface area contributed by atoms with Gasteiger partial charge >= 0.3 is 0 Å². The van der Waals surface area contributed by atoms with Crippen LogP contribution in [0.25, 0.3) is 33.7 Å². The number of fused-ring (bicyclic) bond motifs is 1. The first-order valence-corrected chi connectivity index (χ1v) is 13.3. The van der Waals surface area contributed by atoms with Crippen LogP contribution in [-0.4, -0.2) is 55.3 Å². The normalized spacial score (nSPS) is 18.6. The first-order chi connectivity index (χ1) is 19.3. The number of pyridine rings is 2. The summed E-state index contributed by atoms with van der Waals surface area (Å²) in [6, 6.07) is 13.7. The van der Waals surface area contributed by atoms with Crippen molar-refractivity contribution in [2.75, 3.05) is 13.1 Å². The SMILES string of the molecule is CCn1cnc(-c2ccc3c(C4=CNC(/C=C(\C(C)=N)c5ccc(CN6CC(F)(F)C6)cc5)N4)ccnc3n2)c1. The zero-order valence-corrected chi connectivity index (χ0v) is 22.3. The average Bonchev–Trinajstić information content (AvgIpc) is 3.60. The molecule has 3 N–H and O–H groups in total. The third kappa shape index (κ3) is 5.22. The Kier molecular flexibility index (Phi) is 6.63. The van der Waals surface area contributed by atoms with Crippen molar-refractivity contribution in [3.63, 3.8) is 0 Å². The van der Waals surface area contributed by atoms with Crippen LogP contribution in [0.4, 0.5) is 8.78 Å². The van der Waals surface area contributed by atoms with Crippen molar-refractivity contribution in [3.8, 4) is 11.4 Å². The van der Waals surface area contributed by atoms with E-state index in [0.717, 1.165) is 51.3 Å². The van der Waals surface area contributed by atoms with Crippen LogP contribution in [0, 0.1) is 5.41 Å². The molecule has 204 valence electrons. The molecule has 10 heteroatoms. The number of alkyl halides is 2. The number of halogens is 2. The molecule has 0 bridgehead atoms. The lowest BCUT2D eigenvalue weighted by molar-refractivity contribution is -0.133. The van der Waals surface area contributed by atoms with Crippen molar-refractivity contribution >= 4 is 28.0 Å². The van der Waals surface area contributed by atoms with E-state index in [9.17, 15) is 8.78 Å². The van der Waals surface area contributed by atoms with Crippen LogP contribution in [0.1, 0.15) is 30.5 Å². The lowest BCUT2D eigenvalue weighted by Crippen LogP contribution is -2.55. The zero-order chi connectivity index (χ0) is 27.9. The van der Waals surface area contributed by atoms with Gasteiger partial charge in [-0.25, -0.2) is 23.7 Å². The fraction of sp³-hybridized carbons (Fsp3) is 0.267. The van der Waals surface area contributed by atoms with E-state index in [1.54, 1.807) is 24.3 Å². The second-order valence-electron chi connectivity index (χ2n) is 10.3. The highest BCUT2D eigenvalue weighted by atomic mass is 19.3. The van der Waals surface area contributed by atoms with Gasteiger partial charge in [0.15, 0.2) is 5.65 Å². The van der Waals surface area contributed by atoms with E-state index in [1.807, 2.05) is 65.5 Å². The molecule has 3 aromatic heterocycles. The van der Waals surface area contributed by atoms with Gasteiger partial charge in [-0.2, -0.15) is 0 Å². The molecule has 1 unspecified atom stereocenters. The highest BCUT2D eigenvalue weighted by molar-refractivity contribution is 6.21. The molecule has 5 heterocycles. The molecule has 0 spiro atoms. The molecule has 8 nitrogen and oxygen atoms in total. The summed E-state index contributed by atoms with van der Waals surface area (Å²) >= 11 is 0. The maximum Gasteiger partial charge on any atom is 0.272 e. The molecule has 0 saturated carbocycles. The molecule has 1 atom stereocenters. The number of likely N-dealkylation sites (tertiary alicyclic amines) is 1. The molecular weight excluding hydrogens is 510 g/mol. The van der Waals surface area contributed by atoms with Crippen LogP contribution in [0.2, 0.25) is 0 Å². The lowest BCUT2D eigenvalue weighted by atomic mass is 9.99. The molecule has 6 rings (SSSR count). The maximum absolute atomic E-state index is 13.2. The molecule has 1 aromatic carbocycles. The molecule has 4 aromatic rings. The highest BCUT2D eigenvalue weighted by Crippen LogP contribution is 2.29. The summed E-state index contributed by atoms with van der Waals surface area (Å²) in [5, 5.41) is 16.2. The Morgan fingerprint density at radius 2 is 1.90 bits per heavy atom. The quantitative estimate of drug-likeness (QED) is 0.275. The van der Waals surface area contributed by atoms with Crippen molar-refractivity contribution in [1.82, 2.24) is 35.1 Å². The van der Waals surface area contributed by atoms with Gasteiger partial charge in [-0.1, -0.05) is 24.3 Å². The van der Waals surface area contributed by atoms with Crippen LogP contribution in [-0.2, 0) is 13.1 Å². The number of benzene rings is 1. The molecule has 2 aliphatic rings. The molecule has 0 aliphatic carbocycles. The first-order valence-electron chi connectivity index (χ1n) is 13.3. The van der Waals surface area contributed by atoms with Gasteiger partial charge in [0.05, 0.1) is 30.8 Å². The number of nitrogens with zero attached hydrogens (tertiary/aromatic N) is 5.